The molecule has 3 atom stereocenters. The van der Waals surface area contributed by atoms with Gasteiger partial charge in [0.25, 0.3) is 0 Å². The van der Waals surface area contributed by atoms with Crippen molar-refractivity contribution >= 4 is 25.7 Å². The number of carbonyl (C=O) groups is 3. The molecule has 0 aromatic carbocycles. The van der Waals surface area contributed by atoms with E-state index in [1.165, 1.54) is 141 Å². The predicted octanol–water partition coefficient (Wildman–Crippen LogP) is 19.3. The van der Waals surface area contributed by atoms with Crippen LogP contribution in [0.1, 0.15) is 290 Å². The number of hydrogen-bond donors (Lipinski definition) is 2. The quantitative estimate of drug-likeness (QED) is 0.0197. The Labute approximate surface area is 478 Å². The molecule has 78 heavy (non-hydrogen) atoms. The Kier molecular flexibility index (Phi) is 57.7. The summed E-state index contributed by atoms with van der Waals surface area (Å²) in [4.78, 5) is 48.7. The first-order chi connectivity index (χ1) is 38.2. The molecule has 0 heterocycles. The van der Waals surface area contributed by atoms with Crippen LogP contribution in [-0.2, 0) is 42.2 Å². The summed E-state index contributed by atoms with van der Waals surface area (Å²) in [6.45, 7) is 4.53. The number of allylic oxidation sites excluding steroid dienone is 12. The van der Waals surface area contributed by atoms with Gasteiger partial charge in [0.05, 0.1) is 19.8 Å². The fourth-order valence-electron chi connectivity index (χ4n) is 8.79. The highest BCUT2D eigenvalue weighted by Crippen LogP contribution is 2.43. The minimum atomic E-state index is -4.76. The highest BCUT2D eigenvalue weighted by Gasteiger charge is 2.28. The molecule has 0 spiro atoms. The molecule has 2 N–H and O–H groups in total. The molecule has 0 radical (unpaired) electrons. The van der Waals surface area contributed by atoms with E-state index < -0.39 is 57.8 Å². The Morgan fingerprint density at radius 3 is 1.05 bits per heavy atom. The standard InChI is InChI=1S/C66H117O11P/c1-4-7-10-13-16-19-22-25-27-29-31-33-35-38-40-43-46-49-52-55-64(68)73-59-63(77-66(70)57-54-51-48-45-42-39-36-34-32-30-28-26-23-20-17-14-11-8-5-2)61-75-78(71,72)74-60-62(58-67)76-65(69)56-53-50-47-44-41-37-24-21-18-15-12-9-6-3/h7,10,16,19,25-28,31,33,38,40,62-63,67H,4-6,8-9,11-15,17-18,20-24,29-30,32,34-37,39,41-61H2,1-3H3,(H,71,72)/b10-7-,19-16-,27-25-,28-26-,33-31-,40-38-. The first-order valence-electron chi connectivity index (χ1n) is 31.8. The Bertz CT molecular complexity index is 1590. The third-order valence-electron chi connectivity index (χ3n) is 13.6. The minimum Gasteiger partial charge on any atom is -0.462 e. The number of rotatable bonds is 59. The molecule has 0 aliphatic carbocycles. The van der Waals surface area contributed by atoms with E-state index in [-0.39, 0.29) is 25.9 Å². The van der Waals surface area contributed by atoms with E-state index in [4.69, 9.17) is 23.3 Å². The summed E-state index contributed by atoms with van der Waals surface area (Å²) in [6, 6.07) is 0. The van der Waals surface area contributed by atoms with Crippen molar-refractivity contribution in [3.63, 3.8) is 0 Å². The van der Waals surface area contributed by atoms with Gasteiger partial charge in [-0.1, -0.05) is 254 Å². The lowest BCUT2D eigenvalue weighted by atomic mass is 10.0. The molecule has 0 aliphatic rings. The highest BCUT2D eigenvalue weighted by molar-refractivity contribution is 7.47. The number of ether oxygens (including phenoxy) is 3. The number of aliphatic hydroxyl groups excluding tert-OH is 1. The van der Waals surface area contributed by atoms with Crippen LogP contribution in [0.15, 0.2) is 72.9 Å². The summed E-state index contributed by atoms with van der Waals surface area (Å²) >= 11 is 0. The van der Waals surface area contributed by atoms with Gasteiger partial charge < -0.3 is 24.2 Å². The van der Waals surface area contributed by atoms with E-state index >= 15 is 0 Å². The number of aliphatic hydroxyl groups is 1. The number of phosphoric acid groups is 1. The lowest BCUT2D eigenvalue weighted by Gasteiger charge is -2.21. The monoisotopic (exact) mass is 1120 g/mol. The number of phosphoric ester groups is 1. The van der Waals surface area contributed by atoms with E-state index in [0.717, 1.165) is 89.9 Å². The maximum absolute atomic E-state index is 13.0. The van der Waals surface area contributed by atoms with E-state index in [1.54, 1.807) is 0 Å². The number of unbranched alkanes of at least 4 members (excludes halogenated alkanes) is 30. The van der Waals surface area contributed by atoms with Crippen LogP contribution < -0.4 is 0 Å². The zero-order valence-corrected chi connectivity index (χ0v) is 51.0. The summed E-state index contributed by atoms with van der Waals surface area (Å²) in [5.74, 6) is -1.49. The second-order valence-corrected chi connectivity index (χ2v) is 22.7. The molecule has 0 fully saturated rings. The fourth-order valence-corrected chi connectivity index (χ4v) is 9.57. The molecule has 0 bridgehead atoms. The molecule has 11 nitrogen and oxygen atoms in total. The molecule has 3 unspecified atom stereocenters. The van der Waals surface area contributed by atoms with E-state index in [2.05, 4.69) is 93.7 Å². The average Bonchev–Trinajstić information content (AvgIpc) is 3.43. The summed E-state index contributed by atoms with van der Waals surface area (Å²) in [5, 5.41) is 9.83. The van der Waals surface area contributed by atoms with Gasteiger partial charge >= 0.3 is 25.7 Å². The van der Waals surface area contributed by atoms with E-state index in [9.17, 15) is 28.9 Å². The second-order valence-electron chi connectivity index (χ2n) is 21.2. The van der Waals surface area contributed by atoms with E-state index in [1.807, 2.05) is 0 Å². The van der Waals surface area contributed by atoms with Gasteiger partial charge in [-0.25, -0.2) is 4.57 Å². The maximum atomic E-state index is 13.0. The van der Waals surface area contributed by atoms with Crippen LogP contribution in [0, 0.1) is 0 Å². The van der Waals surface area contributed by atoms with Crippen molar-refractivity contribution in [1.29, 1.82) is 0 Å². The normalized spacial score (nSPS) is 13.8. The second kappa shape index (κ2) is 60.0. The molecule has 0 rings (SSSR count). The van der Waals surface area contributed by atoms with Crippen LogP contribution in [0.3, 0.4) is 0 Å². The SMILES string of the molecule is CC/C=C\C/C=C\C/C=C\C/C=C\C/C=C\CCCCCC(=O)OCC(COP(=O)(O)OCC(CO)OC(=O)CCCCCCCCCCCCCCC)OC(=O)CCCCCCCCCCC/C=C\CCCCCCCC. The molecular weight excluding hydrogens is 1000 g/mol. The Morgan fingerprint density at radius 1 is 0.372 bits per heavy atom. The third-order valence-corrected chi connectivity index (χ3v) is 14.6. The van der Waals surface area contributed by atoms with Crippen molar-refractivity contribution in [2.45, 2.75) is 303 Å². The summed E-state index contributed by atoms with van der Waals surface area (Å²) in [6.07, 6.45) is 68.5. The molecule has 0 aromatic rings. The fraction of sp³-hybridized carbons (Fsp3) is 0.773. The molecule has 452 valence electrons. The van der Waals surface area contributed by atoms with Crippen molar-refractivity contribution in [2.24, 2.45) is 0 Å². The number of carbonyl (C=O) groups excluding carboxylic acids is 3. The topological polar surface area (TPSA) is 155 Å². The van der Waals surface area contributed by atoms with Gasteiger partial charge in [0.1, 0.15) is 12.7 Å². The van der Waals surface area contributed by atoms with Gasteiger partial charge in [-0.05, 0) is 89.9 Å². The van der Waals surface area contributed by atoms with E-state index in [0.29, 0.717) is 19.3 Å². The third kappa shape index (κ3) is 57.6. The summed E-state index contributed by atoms with van der Waals surface area (Å²) in [5.41, 5.74) is 0. The van der Waals surface area contributed by atoms with Crippen molar-refractivity contribution in [3.8, 4) is 0 Å². The largest absolute Gasteiger partial charge is 0.472 e. The highest BCUT2D eigenvalue weighted by atomic mass is 31.2. The van der Waals surface area contributed by atoms with Gasteiger partial charge in [-0.3, -0.25) is 23.4 Å². The summed E-state index contributed by atoms with van der Waals surface area (Å²) < 4.78 is 39.6. The Balaban J connectivity index is 4.75. The first kappa shape index (κ1) is 74.9. The maximum Gasteiger partial charge on any atom is 0.472 e. The van der Waals surface area contributed by atoms with Crippen molar-refractivity contribution in [1.82, 2.24) is 0 Å². The lowest BCUT2D eigenvalue weighted by molar-refractivity contribution is -0.161. The molecular formula is C66H117O11P. The smallest absolute Gasteiger partial charge is 0.462 e. The minimum absolute atomic E-state index is 0.158. The van der Waals surface area contributed by atoms with Crippen molar-refractivity contribution in [2.75, 3.05) is 26.4 Å². The Morgan fingerprint density at radius 2 is 0.667 bits per heavy atom. The zero-order valence-electron chi connectivity index (χ0n) is 50.1. The van der Waals surface area contributed by atoms with Crippen LogP contribution in [-0.4, -0.2) is 66.5 Å². The van der Waals surface area contributed by atoms with Crippen LogP contribution in [0.25, 0.3) is 0 Å². The molecule has 0 saturated carbocycles. The Hall–Kier alpha value is -3.08. The van der Waals surface area contributed by atoms with Crippen LogP contribution in [0.4, 0.5) is 0 Å². The number of hydrogen-bond acceptors (Lipinski definition) is 10. The van der Waals surface area contributed by atoms with Crippen LogP contribution in [0.5, 0.6) is 0 Å². The summed E-state index contributed by atoms with van der Waals surface area (Å²) in [7, 11) is -4.76. The first-order valence-corrected chi connectivity index (χ1v) is 33.3. The van der Waals surface area contributed by atoms with Gasteiger partial charge in [-0.15, -0.1) is 0 Å². The van der Waals surface area contributed by atoms with Crippen LogP contribution in [0.2, 0.25) is 0 Å². The molecule has 0 aromatic heterocycles. The predicted molar refractivity (Wildman–Crippen MR) is 325 cm³/mol. The van der Waals surface area contributed by atoms with Crippen LogP contribution >= 0.6 is 7.82 Å². The zero-order chi connectivity index (χ0) is 56.9. The molecule has 0 aliphatic heterocycles. The van der Waals surface area contributed by atoms with Crippen molar-refractivity contribution in [3.05, 3.63) is 72.9 Å². The van der Waals surface area contributed by atoms with Gasteiger partial charge in [-0.2, -0.15) is 0 Å². The lowest BCUT2D eigenvalue weighted by Crippen LogP contribution is -2.30. The molecule has 0 saturated heterocycles. The molecule has 12 heteroatoms. The van der Waals surface area contributed by atoms with Gasteiger partial charge in [0, 0.05) is 19.3 Å². The number of esters is 3. The average molecular weight is 1120 g/mol. The van der Waals surface area contributed by atoms with Gasteiger partial charge in [0.15, 0.2) is 6.10 Å². The van der Waals surface area contributed by atoms with Crippen molar-refractivity contribution < 1.29 is 52.2 Å². The molecule has 0 amide bonds. The van der Waals surface area contributed by atoms with Gasteiger partial charge in [0.2, 0.25) is 0 Å².